The first-order valence-electron chi connectivity index (χ1n) is 14.7. The van der Waals surface area contributed by atoms with Gasteiger partial charge in [0.2, 0.25) is 12.9 Å². The molecule has 0 aliphatic carbocycles. The molecule has 0 spiro atoms. The van der Waals surface area contributed by atoms with Gasteiger partial charge in [-0.3, -0.25) is 14.4 Å². The smallest absolute Gasteiger partial charge is 0.303 e. The third-order valence-electron chi connectivity index (χ3n) is 7.51. The molecule has 7 atom stereocenters. The predicted octanol–water partition coefficient (Wildman–Crippen LogP) is 1.39. The van der Waals surface area contributed by atoms with Crippen molar-refractivity contribution in [2.24, 2.45) is 0 Å². The Morgan fingerprint density at radius 3 is 2.40 bits per heavy atom. The first-order valence-corrected chi connectivity index (χ1v) is 14.7. The summed E-state index contributed by atoms with van der Waals surface area (Å²) in [4.78, 5) is 51.5. The van der Waals surface area contributed by atoms with E-state index in [-0.39, 0.29) is 40.0 Å². The quantitative estimate of drug-likeness (QED) is 0.212. The van der Waals surface area contributed by atoms with Crippen molar-refractivity contribution in [3.63, 3.8) is 0 Å². The van der Waals surface area contributed by atoms with Crippen LogP contribution in [0.3, 0.4) is 0 Å². The van der Waals surface area contributed by atoms with Crippen LogP contribution < -0.4 is 9.47 Å². The van der Waals surface area contributed by atoms with E-state index in [9.17, 15) is 19.2 Å². The van der Waals surface area contributed by atoms with Gasteiger partial charge in [-0.1, -0.05) is 6.92 Å². The zero-order valence-corrected chi connectivity index (χ0v) is 26.1. The van der Waals surface area contributed by atoms with Crippen LogP contribution in [-0.2, 0) is 63.6 Å². The van der Waals surface area contributed by atoms with Crippen molar-refractivity contribution >= 4 is 24.1 Å². The summed E-state index contributed by atoms with van der Waals surface area (Å²) in [7, 11) is 1.44. The molecular weight excluding hydrogens is 598 g/mol. The number of hydrogen-bond acceptors (Lipinski definition) is 14. The highest BCUT2D eigenvalue weighted by molar-refractivity contribution is 5.84. The highest BCUT2D eigenvalue weighted by atomic mass is 16.8. The number of fused-ring (bicyclic) bond motifs is 2. The van der Waals surface area contributed by atoms with E-state index in [0.717, 1.165) is 18.1 Å². The van der Waals surface area contributed by atoms with Gasteiger partial charge in [0.15, 0.2) is 17.8 Å². The number of aldehydes is 1. The molecule has 1 aromatic carbocycles. The second-order valence-electron chi connectivity index (χ2n) is 10.7. The number of benzene rings is 1. The maximum absolute atomic E-state index is 14.2. The molecule has 0 unspecified atom stereocenters. The Labute approximate surface area is 261 Å². The Bertz CT molecular complexity index is 1190. The third-order valence-corrected chi connectivity index (χ3v) is 7.51. The van der Waals surface area contributed by atoms with Gasteiger partial charge in [0.1, 0.15) is 57.0 Å². The molecule has 3 aliphatic rings. The summed E-state index contributed by atoms with van der Waals surface area (Å²) in [6.07, 6.45) is -6.64. The van der Waals surface area contributed by atoms with Crippen molar-refractivity contribution in [3.8, 4) is 11.5 Å². The van der Waals surface area contributed by atoms with Gasteiger partial charge in [-0.25, -0.2) is 0 Å². The van der Waals surface area contributed by atoms with Gasteiger partial charge in [0.05, 0.1) is 0 Å². The van der Waals surface area contributed by atoms with Crippen LogP contribution >= 0.6 is 0 Å². The van der Waals surface area contributed by atoms with E-state index in [2.05, 4.69) is 0 Å². The first kappa shape index (κ1) is 34.5. The van der Waals surface area contributed by atoms with Crippen LogP contribution in [0.2, 0.25) is 0 Å². The number of ether oxygens (including phenoxy) is 10. The van der Waals surface area contributed by atoms with E-state index < -0.39 is 60.8 Å². The third kappa shape index (κ3) is 8.68. The number of aryl methyl sites for hydroxylation is 1. The van der Waals surface area contributed by atoms with Crippen molar-refractivity contribution < 1.29 is 66.5 Å². The van der Waals surface area contributed by atoms with Gasteiger partial charge < -0.3 is 57.1 Å². The molecule has 0 bridgehead atoms. The SMILES string of the molecule is CCCN(Cc1cc2c(cc1C)OCO2)C(=O)[C@@H](OC(C)=O)[C@@H](CC=O)O[C@@H]1O[C@H](COC(C)=O)[C@@H](OC)[C@@H]2OCOCO[C@@H]12. The molecule has 1 amide bonds. The van der Waals surface area contributed by atoms with Gasteiger partial charge in [-0.05, 0) is 36.6 Å². The lowest BCUT2D eigenvalue weighted by atomic mass is 9.98. The number of esters is 2. The van der Waals surface area contributed by atoms with Crippen molar-refractivity contribution in [1.82, 2.24) is 4.90 Å². The number of carbonyl (C=O) groups is 4. The number of rotatable bonds is 14. The normalized spacial score (nSPS) is 25.3. The minimum Gasteiger partial charge on any atom is -0.463 e. The number of nitrogens with zero attached hydrogens (tertiary/aromatic N) is 1. The van der Waals surface area contributed by atoms with Gasteiger partial charge in [0.25, 0.3) is 5.91 Å². The summed E-state index contributed by atoms with van der Waals surface area (Å²) in [6.45, 7) is 6.31. The molecule has 15 nitrogen and oxygen atoms in total. The molecule has 2 fully saturated rings. The summed E-state index contributed by atoms with van der Waals surface area (Å²) in [5.41, 5.74) is 1.68. The molecule has 0 saturated carbocycles. The average Bonchev–Trinajstić information content (AvgIpc) is 3.30. The zero-order valence-electron chi connectivity index (χ0n) is 26.1. The van der Waals surface area contributed by atoms with Crippen LogP contribution in [0.4, 0.5) is 0 Å². The lowest BCUT2D eigenvalue weighted by Gasteiger charge is -2.45. The fraction of sp³-hybridized carbons (Fsp3) is 0.667. The van der Waals surface area contributed by atoms with Crippen molar-refractivity contribution in [3.05, 3.63) is 23.3 Å². The summed E-state index contributed by atoms with van der Waals surface area (Å²) in [5.74, 6) is -0.682. The second kappa shape index (κ2) is 16.3. The van der Waals surface area contributed by atoms with E-state index in [1.165, 1.54) is 18.9 Å². The van der Waals surface area contributed by atoms with Crippen molar-refractivity contribution in [1.29, 1.82) is 0 Å². The van der Waals surface area contributed by atoms with E-state index in [4.69, 9.17) is 47.4 Å². The highest BCUT2D eigenvalue weighted by Crippen LogP contribution is 2.36. The van der Waals surface area contributed by atoms with Crippen molar-refractivity contribution in [2.75, 3.05) is 40.6 Å². The molecule has 2 saturated heterocycles. The van der Waals surface area contributed by atoms with Gasteiger partial charge >= 0.3 is 11.9 Å². The fourth-order valence-electron chi connectivity index (χ4n) is 5.42. The standard InChI is InChI=1S/C30H41NO14/c1-6-8-31(12-20-11-23-22(10-17(20)2)39-16-40-23)29(35)26(43-19(4)34)21(7-9-32)44-30-28-27(41-14-37-15-42-28)25(36-5)24(45-30)13-38-18(3)33/h9-11,21,24-28,30H,6-8,12-16H2,1-5H3/t21-,24-,25-,26+,27+,28-,30-/m1/s1. The average molecular weight is 640 g/mol. The molecule has 45 heavy (non-hydrogen) atoms. The lowest BCUT2D eigenvalue weighted by Crippen LogP contribution is -2.62. The maximum atomic E-state index is 14.2. The van der Waals surface area contributed by atoms with Crippen LogP contribution in [0, 0.1) is 6.92 Å². The maximum Gasteiger partial charge on any atom is 0.303 e. The minimum absolute atomic E-state index is 0.105. The molecule has 0 aromatic heterocycles. The molecule has 0 N–H and O–H groups in total. The topological polar surface area (TPSA) is 164 Å². The van der Waals surface area contributed by atoms with Crippen LogP contribution in [0.25, 0.3) is 0 Å². The minimum atomic E-state index is -1.52. The summed E-state index contributed by atoms with van der Waals surface area (Å²) in [5, 5.41) is 0. The Balaban J connectivity index is 1.62. The number of carbonyl (C=O) groups excluding carboxylic acids is 4. The van der Waals surface area contributed by atoms with E-state index in [0.29, 0.717) is 30.8 Å². The van der Waals surface area contributed by atoms with E-state index >= 15 is 0 Å². The van der Waals surface area contributed by atoms with Crippen LogP contribution in [-0.4, -0.2) is 113 Å². The summed E-state index contributed by atoms with van der Waals surface area (Å²) >= 11 is 0. The fourth-order valence-corrected chi connectivity index (χ4v) is 5.42. The number of methoxy groups -OCH3 is 1. The molecule has 3 heterocycles. The lowest BCUT2D eigenvalue weighted by molar-refractivity contribution is -0.326. The van der Waals surface area contributed by atoms with Crippen LogP contribution in [0.15, 0.2) is 12.1 Å². The highest BCUT2D eigenvalue weighted by Gasteiger charge is 2.51. The first-order chi connectivity index (χ1) is 21.7. The van der Waals surface area contributed by atoms with Gasteiger partial charge in [-0.15, -0.1) is 0 Å². The molecule has 4 rings (SSSR count). The monoisotopic (exact) mass is 639 g/mol. The van der Waals surface area contributed by atoms with Gasteiger partial charge in [-0.2, -0.15) is 0 Å². The Kier molecular flexibility index (Phi) is 12.5. The molecule has 3 aliphatic heterocycles. The summed E-state index contributed by atoms with van der Waals surface area (Å²) in [6, 6.07) is 3.65. The largest absolute Gasteiger partial charge is 0.463 e. The molecular formula is C30H41NO14. The molecule has 0 radical (unpaired) electrons. The Morgan fingerprint density at radius 1 is 1.04 bits per heavy atom. The summed E-state index contributed by atoms with van der Waals surface area (Å²) < 4.78 is 56.7. The van der Waals surface area contributed by atoms with Crippen LogP contribution in [0.5, 0.6) is 11.5 Å². The molecule has 250 valence electrons. The molecule has 1 aromatic rings. The van der Waals surface area contributed by atoms with E-state index in [1.807, 2.05) is 26.0 Å². The molecule has 15 heteroatoms. The Morgan fingerprint density at radius 2 is 1.76 bits per heavy atom. The van der Waals surface area contributed by atoms with Crippen molar-refractivity contribution in [2.45, 2.75) is 90.0 Å². The van der Waals surface area contributed by atoms with Gasteiger partial charge in [0, 0.05) is 40.5 Å². The predicted molar refractivity (Wildman–Crippen MR) is 151 cm³/mol. The second-order valence-corrected chi connectivity index (χ2v) is 10.7. The number of hydrogen-bond donors (Lipinski definition) is 0. The number of amides is 1. The van der Waals surface area contributed by atoms with E-state index in [1.54, 1.807) is 0 Å². The zero-order chi connectivity index (χ0) is 32.5. The van der Waals surface area contributed by atoms with Crippen LogP contribution in [0.1, 0.15) is 44.7 Å². The Hall–Kier alpha value is -3.34.